The summed E-state index contributed by atoms with van der Waals surface area (Å²) in [4.78, 5) is 27.8. The van der Waals surface area contributed by atoms with Gasteiger partial charge in [-0.3, -0.25) is 4.79 Å². The van der Waals surface area contributed by atoms with Crippen LogP contribution in [-0.2, 0) is 22.5 Å². The molecule has 1 aromatic carbocycles. The number of ether oxygens (including phenoxy) is 1. The van der Waals surface area contributed by atoms with Crippen LogP contribution < -0.4 is 0 Å². The molecule has 0 fully saturated rings. The summed E-state index contributed by atoms with van der Waals surface area (Å²) in [5, 5.41) is 2.06. The lowest BCUT2D eigenvalue weighted by Crippen LogP contribution is -2.38. The van der Waals surface area contributed by atoms with Gasteiger partial charge in [0.15, 0.2) is 6.61 Å². The Hall–Kier alpha value is -2.14. The third-order valence-electron chi connectivity index (χ3n) is 4.37. The maximum atomic E-state index is 12.4. The Morgan fingerprint density at radius 3 is 2.62 bits per heavy atom. The number of aryl methyl sites for hydroxylation is 3. The monoisotopic (exact) mass is 343 g/mol. The van der Waals surface area contributed by atoms with Crippen LogP contribution in [0.1, 0.15) is 37.5 Å². The van der Waals surface area contributed by atoms with Gasteiger partial charge in [0, 0.05) is 18.0 Å². The average Bonchev–Trinajstić information content (AvgIpc) is 2.99. The van der Waals surface area contributed by atoms with Gasteiger partial charge in [0.25, 0.3) is 5.91 Å². The summed E-state index contributed by atoms with van der Waals surface area (Å²) in [5.41, 5.74) is 4.64. The molecule has 0 atom stereocenters. The van der Waals surface area contributed by atoms with Crippen molar-refractivity contribution in [2.75, 3.05) is 13.2 Å². The largest absolute Gasteiger partial charge is 0.452 e. The van der Waals surface area contributed by atoms with E-state index >= 15 is 0 Å². The Morgan fingerprint density at radius 2 is 1.92 bits per heavy atom. The van der Waals surface area contributed by atoms with Gasteiger partial charge in [-0.2, -0.15) is 0 Å². The normalized spacial score (nSPS) is 13.5. The number of nitrogens with zero attached hydrogens (tertiary/aromatic N) is 1. The molecule has 0 unspecified atom stereocenters. The summed E-state index contributed by atoms with van der Waals surface area (Å²) < 4.78 is 5.29. The molecule has 0 radical (unpaired) electrons. The summed E-state index contributed by atoms with van der Waals surface area (Å²) in [6.45, 7) is 6.87. The molecule has 1 amide bonds. The zero-order chi connectivity index (χ0) is 17.3. The van der Waals surface area contributed by atoms with Gasteiger partial charge in [-0.05, 0) is 55.3 Å². The van der Waals surface area contributed by atoms with E-state index in [0.29, 0.717) is 18.7 Å². The molecule has 4 nitrogen and oxygen atoms in total. The van der Waals surface area contributed by atoms with E-state index in [1.807, 2.05) is 32.9 Å². The van der Waals surface area contributed by atoms with Crippen molar-refractivity contribution in [1.82, 2.24) is 4.90 Å². The molecule has 126 valence electrons. The van der Waals surface area contributed by atoms with E-state index in [2.05, 4.69) is 11.4 Å². The lowest BCUT2D eigenvalue weighted by molar-refractivity contribution is -0.135. The van der Waals surface area contributed by atoms with Crippen molar-refractivity contribution in [1.29, 1.82) is 0 Å². The second-order valence-electron chi connectivity index (χ2n) is 6.28. The first kappa shape index (κ1) is 16.7. The van der Waals surface area contributed by atoms with Crippen molar-refractivity contribution in [2.24, 2.45) is 0 Å². The van der Waals surface area contributed by atoms with Crippen LogP contribution in [-0.4, -0.2) is 29.9 Å². The molecule has 1 aliphatic heterocycles. The number of carbonyl (C=O) groups is 2. The Balaban J connectivity index is 1.62. The van der Waals surface area contributed by atoms with Crippen LogP contribution in [0.25, 0.3) is 0 Å². The van der Waals surface area contributed by atoms with Gasteiger partial charge < -0.3 is 9.64 Å². The number of hydrogen-bond acceptors (Lipinski definition) is 4. The number of benzene rings is 1. The third-order valence-corrected chi connectivity index (χ3v) is 5.39. The minimum atomic E-state index is -0.424. The van der Waals surface area contributed by atoms with Gasteiger partial charge in [0.2, 0.25) is 0 Å². The van der Waals surface area contributed by atoms with Crippen LogP contribution in [0.5, 0.6) is 0 Å². The van der Waals surface area contributed by atoms with Crippen molar-refractivity contribution in [3.63, 3.8) is 0 Å². The van der Waals surface area contributed by atoms with Crippen LogP contribution in [0.2, 0.25) is 0 Å². The van der Waals surface area contributed by atoms with Crippen LogP contribution in [0, 0.1) is 20.8 Å². The molecule has 2 aromatic rings. The minimum absolute atomic E-state index is 0.136. The van der Waals surface area contributed by atoms with Crippen molar-refractivity contribution in [3.8, 4) is 0 Å². The lowest BCUT2D eigenvalue weighted by Gasteiger charge is -2.26. The third kappa shape index (κ3) is 3.36. The molecule has 0 N–H and O–H groups in total. The predicted molar refractivity (Wildman–Crippen MR) is 94.4 cm³/mol. The van der Waals surface area contributed by atoms with Gasteiger partial charge >= 0.3 is 5.97 Å². The van der Waals surface area contributed by atoms with E-state index in [-0.39, 0.29) is 12.5 Å². The fourth-order valence-electron chi connectivity index (χ4n) is 3.25. The minimum Gasteiger partial charge on any atom is -0.452 e. The maximum Gasteiger partial charge on any atom is 0.339 e. The van der Waals surface area contributed by atoms with E-state index in [4.69, 9.17) is 4.74 Å². The molecular formula is C19H21NO3S. The molecule has 0 aliphatic carbocycles. The van der Waals surface area contributed by atoms with Gasteiger partial charge in [0.1, 0.15) is 0 Å². The molecule has 5 heteroatoms. The highest BCUT2D eigenvalue weighted by molar-refractivity contribution is 7.10. The molecule has 3 rings (SSSR count). The number of fused-ring (bicyclic) bond motifs is 1. The first-order valence-corrected chi connectivity index (χ1v) is 8.91. The predicted octanol–water partition coefficient (Wildman–Crippen LogP) is 3.42. The van der Waals surface area contributed by atoms with Crippen molar-refractivity contribution in [3.05, 3.63) is 56.3 Å². The molecule has 1 aliphatic rings. The zero-order valence-corrected chi connectivity index (χ0v) is 15.0. The fraction of sp³-hybridized carbons (Fsp3) is 0.368. The summed E-state index contributed by atoms with van der Waals surface area (Å²) >= 11 is 1.74. The summed E-state index contributed by atoms with van der Waals surface area (Å²) in [7, 11) is 0. The van der Waals surface area contributed by atoms with Crippen LogP contribution >= 0.6 is 11.3 Å². The molecule has 0 spiro atoms. The number of rotatable bonds is 3. The van der Waals surface area contributed by atoms with Gasteiger partial charge in [-0.25, -0.2) is 4.79 Å². The first-order chi connectivity index (χ1) is 11.5. The number of amides is 1. The molecule has 1 aromatic heterocycles. The fourth-order valence-corrected chi connectivity index (χ4v) is 4.14. The first-order valence-electron chi connectivity index (χ1n) is 8.03. The van der Waals surface area contributed by atoms with E-state index in [0.717, 1.165) is 23.1 Å². The highest BCUT2D eigenvalue weighted by Gasteiger charge is 2.23. The second-order valence-corrected chi connectivity index (χ2v) is 7.28. The number of thiophene rings is 1. The van der Waals surface area contributed by atoms with E-state index < -0.39 is 5.97 Å². The Morgan fingerprint density at radius 1 is 1.21 bits per heavy atom. The smallest absolute Gasteiger partial charge is 0.339 e. The molecule has 24 heavy (non-hydrogen) atoms. The van der Waals surface area contributed by atoms with Crippen LogP contribution in [0.3, 0.4) is 0 Å². The topological polar surface area (TPSA) is 46.6 Å². The lowest BCUT2D eigenvalue weighted by atomic mass is 10.00. The van der Waals surface area contributed by atoms with E-state index in [9.17, 15) is 9.59 Å². The highest BCUT2D eigenvalue weighted by Crippen LogP contribution is 2.24. The standard InChI is InChI=1S/C19H21NO3S/c1-12-8-13(2)18(14(3)9-12)19(22)23-11-17(21)20-6-4-16-15(10-20)5-7-24-16/h5,7-9H,4,6,10-11H2,1-3H3. The average molecular weight is 343 g/mol. The number of carbonyl (C=O) groups excluding carboxylic acids is 2. The summed E-state index contributed by atoms with van der Waals surface area (Å²) in [6.07, 6.45) is 0.878. The van der Waals surface area contributed by atoms with Crippen molar-refractivity contribution < 1.29 is 14.3 Å². The molecule has 0 bridgehead atoms. The molecule has 0 saturated heterocycles. The quantitative estimate of drug-likeness (QED) is 0.802. The van der Waals surface area contributed by atoms with Gasteiger partial charge in [-0.1, -0.05) is 17.7 Å². The Kier molecular flexibility index (Phi) is 4.71. The molecule has 2 heterocycles. The zero-order valence-electron chi connectivity index (χ0n) is 14.2. The summed E-state index contributed by atoms with van der Waals surface area (Å²) in [5.74, 6) is -0.561. The molecule has 0 saturated carbocycles. The van der Waals surface area contributed by atoms with Gasteiger partial charge in [-0.15, -0.1) is 11.3 Å². The maximum absolute atomic E-state index is 12.4. The van der Waals surface area contributed by atoms with Crippen LogP contribution in [0.15, 0.2) is 23.6 Å². The number of esters is 1. The highest BCUT2D eigenvalue weighted by atomic mass is 32.1. The SMILES string of the molecule is Cc1cc(C)c(C(=O)OCC(=O)N2CCc3sccc3C2)c(C)c1. The van der Waals surface area contributed by atoms with E-state index in [1.165, 1.54) is 10.4 Å². The van der Waals surface area contributed by atoms with Crippen molar-refractivity contribution >= 4 is 23.2 Å². The summed E-state index contributed by atoms with van der Waals surface area (Å²) in [6, 6.07) is 5.97. The van der Waals surface area contributed by atoms with E-state index in [1.54, 1.807) is 16.2 Å². The molecular weight excluding hydrogens is 322 g/mol. The Labute approximate surface area is 146 Å². The number of hydrogen-bond donors (Lipinski definition) is 0. The second kappa shape index (κ2) is 6.77. The Bertz CT molecular complexity index is 771. The van der Waals surface area contributed by atoms with Gasteiger partial charge in [0.05, 0.1) is 5.56 Å². The van der Waals surface area contributed by atoms with Crippen molar-refractivity contribution in [2.45, 2.75) is 33.7 Å². The van der Waals surface area contributed by atoms with Crippen LogP contribution in [0.4, 0.5) is 0 Å².